The molecule has 1 rings (SSSR count). The molecule has 0 spiro atoms. The molecule has 1 aromatic rings. The molecule has 4 N–H and O–H groups in total. The number of amidine groups is 1. The number of hydrogen-bond acceptors (Lipinski definition) is 3. The summed E-state index contributed by atoms with van der Waals surface area (Å²) in [6, 6.07) is 6.79. The molecule has 5 nitrogen and oxygen atoms in total. The number of nitrogens with one attached hydrogen (secondary N) is 2. The third-order valence-electron chi connectivity index (χ3n) is 2.46. The molecule has 0 radical (unpaired) electrons. The van der Waals surface area contributed by atoms with Gasteiger partial charge >= 0.3 is 0 Å². The summed E-state index contributed by atoms with van der Waals surface area (Å²) in [7, 11) is -3.42. The monoisotopic (exact) mass is 269 g/mol. The zero-order chi connectivity index (χ0) is 13.6. The van der Waals surface area contributed by atoms with Gasteiger partial charge in [0.05, 0.1) is 10.7 Å². The van der Waals surface area contributed by atoms with Crippen LogP contribution in [0.2, 0.25) is 0 Å². The summed E-state index contributed by atoms with van der Waals surface area (Å²) in [6.07, 6.45) is 1.89. The fraction of sp³-hybridized carbons (Fsp3) is 0.417. The minimum Gasteiger partial charge on any atom is -0.388 e. The number of benzene rings is 1. The Hall–Kier alpha value is -1.40. The molecule has 0 atom stereocenters. The van der Waals surface area contributed by atoms with Gasteiger partial charge in [-0.05, 0) is 37.5 Å². The summed E-state index contributed by atoms with van der Waals surface area (Å²) in [6.45, 7) is 2.22. The van der Waals surface area contributed by atoms with E-state index in [1.165, 1.54) is 0 Å². The maximum absolute atomic E-state index is 11.9. The predicted molar refractivity (Wildman–Crippen MR) is 72.1 cm³/mol. The summed E-state index contributed by atoms with van der Waals surface area (Å²) in [5.74, 6) is 0.136. The first-order valence-corrected chi connectivity index (χ1v) is 7.29. The van der Waals surface area contributed by atoms with E-state index >= 15 is 0 Å². The number of sulfonamides is 1. The molecule has 0 unspecified atom stereocenters. The van der Waals surface area contributed by atoms with Crippen LogP contribution in [-0.2, 0) is 10.0 Å². The molecule has 0 aromatic heterocycles. The first-order chi connectivity index (χ1) is 8.42. The number of nitrogens with two attached hydrogens (primary N) is 1. The highest BCUT2D eigenvalue weighted by molar-refractivity contribution is 7.89. The van der Waals surface area contributed by atoms with E-state index in [1.54, 1.807) is 18.2 Å². The largest absolute Gasteiger partial charge is 0.388 e. The van der Waals surface area contributed by atoms with Crippen molar-refractivity contribution in [1.82, 2.24) is 4.72 Å². The van der Waals surface area contributed by atoms with Gasteiger partial charge in [-0.25, -0.2) is 13.1 Å². The lowest BCUT2D eigenvalue weighted by molar-refractivity contribution is 0.577. The van der Waals surface area contributed by atoms with Gasteiger partial charge in [0.15, 0.2) is 0 Å². The maximum Gasteiger partial charge on any atom is 0.240 e. The zero-order valence-electron chi connectivity index (χ0n) is 10.4. The van der Waals surface area contributed by atoms with Crippen molar-refractivity contribution >= 4 is 15.9 Å². The van der Waals surface area contributed by atoms with Crippen LogP contribution in [0.25, 0.3) is 0 Å². The van der Waals surface area contributed by atoms with Crippen LogP contribution in [0.15, 0.2) is 29.2 Å². The predicted octanol–water partition coefficient (Wildman–Crippen LogP) is 1.38. The van der Waals surface area contributed by atoms with E-state index < -0.39 is 10.0 Å². The average molecular weight is 269 g/mol. The van der Waals surface area contributed by atoms with Gasteiger partial charge in [-0.2, -0.15) is 0 Å². The summed E-state index contributed by atoms with van der Waals surface area (Å²) in [4.78, 5) is 0.286. The van der Waals surface area contributed by atoms with Crippen molar-refractivity contribution < 1.29 is 8.42 Å². The van der Waals surface area contributed by atoms with Crippen molar-refractivity contribution in [3.63, 3.8) is 0 Å². The van der Waals surface area contributed by atoms with Gasteiger partial charge in [-0.15, -0.1) is 0 Å². The first kappa shape index (κ1) is 14.7. The minimum absolute atomic E-state index is 0.136. The molecule has 0 bridgehead atoms. The standard InChI is InChI=1S/C12H19N3O2S/c1-10-5-4-6-11(9-10)18(16,17)15-8-3-2-7-12(13)14/h4-6,9,15H,2-3,7-8H2,1H3,(H3,13,14). The van der Waals surface area contributed by atoms with E-state index in [2.05, 4.69) is 4.72 Å². The second-order valence-electron chi connectivity index (χ2n) is 4.20. The molecule has 0 aliphatic carbocycles. The van der Waals surface area contributed by atoms with E-state index in [4.69, 9.17) is 11.1 Å². The molecule has 0 saturated heterocycles. The highest BCUT2D eigenvalue weighted by Crippen LogP contribution is 2.10. The lowest BCUT2D eigenvalue weighted by atomic mass is 10.2. The van der Waals surface area contributed by atoms with Crippen molar-refractivity contribution in [3.05, 3.63) is 29.8 Å². The molecular weight excluding hydrogens is 250 g/mol. The van der Waals surface area contributed by atoms with E-state index in [1.807, 2.05) is 13.0 Å². The van der Waals surface area contributed by atoms with Crippen molar-refractivity contribution in [2.75, 3.05) is 6.54 Å². The summed E-state index contributed by atoms with van der Waals surface area (Å²) in [5.41, 5.74) is 6.12. The van der Waals surface area contributed by atoms with E-state index in [9.17, 15) is 8.42 Å². The van der Waals surface area contributed by atoms with Crippen LogP contribution in [0.1, 0.15) is 24.8 Å². The molecule has 6 heteroatoms. The highest BCUT2D eigenvalue weighted by atomic mass is 32.2. The zero-order valence-corrected chi connectivity index (χ0v) is 11.3. The number of aryl methyl sites for hydroxylation is 1. The van der Waals surface area contributed by atoms with Crippen LogP contribution in [0.4, 0.5) is 0 Å². The molecule has 0 saturated carbocycles. The molecule has 0 fully saturated rings. The number of rotatable bonds is 7. The van der Waals surface area contributed by atoms with Crippen LogP contribution in [0.5, 0.6) is 0 Å². The SMILES string of the molecule is Cc1cccc(S(=O)(=O)NCCCCC(=N)N)c1. The van der Waals surface area contributed by atoms with Crippen LogP contribution in [0.3, 0.4) is 0 Å². The Morgan fingerprint density at radius 1 is 1.39 bits per heavy atom. The van der Waals surface area contributed by atoms with Gasteiger partial charge in [0.25, 0.3) is 0 Å². The Labute approximate surface area is 108 Å². The molecule has 0 amide bonds. The Balaban J connectivity index is 2.48. The third-order valence-corrected chi connectivity index (χ3v) is 3.92. The van der Waals surface area contributed by atoms with Crippen molar-refractivity contribution in [2.24, 2.45) is 5.73 Å². The van der Waals surface area contributed by atoms with Crippen LogP contribution in [0, 0.1) is 12.3 Å². The Kier molecular flexibility index (Phi) is 5.30. The second kappa shape index (κ2) is 6.51. The maximum atomic E-state index is 11.9. The Morgan fingerprint density at radius 3 is 2.72 bits per heavy atom. The molecular formula is C12H19N3O2S. The quantitative estimate of drug-likeness (QED) is 0.396. The molecule has 0 heterocycles. The Bertz CT molecular complexity index is 512. The topological polar surface area (TPSA) is 96.0 Å². The summed E-state index contributed by atoms with van der Waals surface area (Å²) >= 11 is 0. The van der Waals surface area contributed by atoms with E-state index in [-0.39, 0.29) is 10.7 Å². The van der Waals surface area contributed by atoms with Crippen molar-refractivity contribution in [3.8, 4) is 0 Å². The van der Waals surface area contributed by atoms with Gasteiger partial charge in [0.1, 0.15) is 0 Å². The molecule has 100 valence electrons. The lowest BCUT2D eigenvalue weighted by Gasteiger charge is -2.07. The molecule has 1 aromatic carbocycles. The van der Waals surface area contributed by atoms with Crippen LogP contribution < -0.4 is 10.5 Å². The highest BCUT2D eigenvalue weighted by Gasteiger charge is 2.12. The second-order valence-corrected chi connectivity index (χ2v) is 5.96. The Morgan fingerprint density at radius 2 is 2.11 bits per heavy atom. The lowest BCUT2D eigenvalue weighted by Crippen LogP contribution is -2.25. The van der Waals surface area contributed by atoms with Gasteiger partial charge in [0, 0.05) is 13.0 Å². The smallest absolute Gasteiger partial charge is 0.240 e. The normalized spacial score (nSPS) is 11.4. The van der Waals surface area contributed by atoms with Crippen LogP contribution >= 0.6 is 0 Å². The van der Waals surface area contributed by atoms with Gasteiger partial charge in [0.2, 0.25) is 10.0 Å². The fourth-order valence-corrected chi connectivity index (χ4v) is 2.69. The first-order valence-electron chi connectivity index (χ1n) is 5.81. The third kappa shape index (κ3) is 4.85. The number of hydrogen-bond donors (Lipinski definition) is 3. The van der Waals surface area contributed by atoms with E-state index in [0.29, 0.717) is 25.8 Å². The van der Waals surface area contributed by atoms with Gasteiger partial charge < -0.3 is 5.73 Å². The van der Waals surface area contributed by atoms with Crippen LogP contribution in [-0.4, -0.2) is 20.8 Å². The summed E-state index contributed by atoms with van der Waals surface area (Å²) in [5, 5.41) is 7.05. The van der Waals surface area contributed by atoms with Gasteiger partial charge in [-0.3, -0.25) is 5.41 Å². The molecule has 0 aliphatic rings. The summed E-state index contributed by atoms with van der Waals surface area (Å²) < 4.78 is 26.3. The van der Waals surface area contributed by atoms with Crippen molar-refractivity contribution in [2.45, 2.75) is 31.1 Å². The molecule has 18 heavy (non-hydrogen) atoms. The van der Waals surface area contributed by atoms with Gasteiger partial charge in [-0.1, -0.05) is 12.1 Å². The van der Waals surface area contributed by atoms with E-state index in [0.717, 1.165) is 5.56 Å². The molecule has 0 aliphatic heterocycles. The minimum atomic E-state index is -3.42. The van der Waals surface area contributed by atoms with Crippen molar-refractivity contribution in [1.29, 1.82) is 5.41 Å². The number of unbranched alkanes of at least 4 members (excludes halogenated alkanes) is 1. The fourth-order valence-electron chi connectivity index (χ4n) is 1.51. The average Bonchev–Trinajstić information content (AvgIpc) is 2.28.